The van der Waals surface area contributed by atoms with Crippen LogP contribution in [0.4, 0.5) is 32.2 Å². The molecule has 3 aromatic carbocycles. The molecule has 0 bridgehead atoms. The van der Waals surface area contributed by atoms with Crippen molar-refractivity contribution in [1.82, 2.24) is 34.4 Å². The summed E-state index contributed by atoms with van der Waals surface area (Å²) in [7, 11) is 1.63. The molecule has 282 valence electrons. The fourth-order valence-electron chi connectivity index (χ4n) is 6.95. The van der Waals surface area contributed by atoms with Crippen LogP contribution in [0.25, 0.3) is 27.5 Å². The van der Waals surface area contributed by atoms with Crippen LogP contribution in [0.1, 0.15) is 47.7 Å². The van der Waals surface area contributed by atoms with Gasteiger partial charge in [0.1, 0.15) is 35.4 Å². The van der Waals surface area contributed by atoms with Crippen molar-refractivity contribution in [2.75, 3.05) is 11.0 Å². The Labute approximate surface area is 320 Å². The number of aryl methyl sites for hydroxylation is 1. The Bertz CT molecular complexity index is 2520. The van der Waals surface area contributed by atoms with E-state index in [0.29, 0.717) is 37.0 Å². The Balaban J connectivity index is 1.43. The molecule has 3 heterocycles. The summed E-state index contributed by atoms with van der Waals surface area (Å²) in [5.74, 6) is -7.44. The number of fused-ring (bicyclic) bond motifs is 3. The minimum absolute atomic E-state index is 0.0431. The molecule has 54 heavy (non-hydrogen) atoms. The van der Waals surface area contributed by atoms with E-state index in [9.17, 15) is 27.2 Å². The molecule has 10 nitrogen and oxygen atoms in total. The van der Waals surface area contributed by atoms with Gasteiger partial charge in [0.2, 0.25) is 5.91 Å². The monoisotopic (exact) mass is 852 g/mol. The Kier molecular flexibility index (Phi) is 9.97. The van der Waals surface area contributed by atoms with Crippen molar-refractivity contribution in [3.63, 3.8) is 0 Å². The second-order valence-corrected chi connectivity index (χ2v) is 14.8. The molecule has 0 saturated heterocycles. The van der Waals surface area contributed by atoms with Gasteiger partial charge in [-0.15, -0.1) is 0 Å². The van der Waals surface area contributed by atoms with Gasteiger partial charge in [-0.25, -0.2) is 22.5 Å². The number of rotatable bonds is 10. The zero-order valence-corrected chi connectivity index (χ0v) is 31.6. The van der Waals surface area contributed by atoms with E-state index in [1.807, 2.05) is 0 Å². The van der Waals surface area contributed by atoms with Crippen LogP contribution in [0, 0.1) is 17.6 Å². The highest BCUT2D eigenvalue weighted by Gasteiger charge is 2.51. The van der Waals surface area contributed by atoms with Gasteiger partial charge >= 0.3 is 0 Å². The second-order valence-electron chi connectivity index (χ2n) is 12.8. The maximum atomic E-state index is 15.3. The summed E-state index contributed by atoms with van der Waals surface area (Å²) < 4.78 is 94.5. The van der Waals surface area contributed by atoms with Crippen molar-refractivity contribution in [2.45, 2.75) is 44.7 Å². The topological polar surface area (TPSA) is 112 Å². The molecule has 1 amide bonds. The van der Waals surface area contributed by atoms with Gasteiger partial charge in [0.05, 0.1) is 38.6 Å². The quantitative estimate of drug-likeness (QED) is 0.106. The fraction of sp³-hybridized carbons (Fsp3) is 0.286. The van der Waals surface area contributed by atoms with E-state index in [0.717, 1.165) is 12.1 Å². The van der Waals surface area contributed by atoms with E-state index in [4.69, 9.17) is 16.6 Å². The lowest BCUT2D eigenvalue weighted by atomic mass is 10.0. The van der Waals surface area contributed by atoms with Crippen LogP contribution < -0.4 is 15.6 Å². The number of aromatic nitrogens is 6. The van der Waals surface area contributed by atoms with Crippen molar-refractivity contribution >= 4 is 73.0 Å². The Morgan fingerprint density at radius 3 is 2.52 bits per heavy atom. The summed E-state index contributed by atoms with van der Waals surface area (Å²) in [6, 6.07) is 9.18. The third-order valence-corrected chi connectivity index (χ3v) is 10.5. The Morgan fingerprint density at radius 1 is 1.11 bits per heavy atom. The normalized spacial score (nSPS) is 15.7. The molecular formula is C35H28BrClF6N8O2S. The van der Waals surface area contributed by atoms with E-state index in [-0.39, 0.29) is 46.4 Å². The minimum atomic E-state index is -3.56. The van der Waals surface area contributed by atoms with Crippen LogP contribution in [0.3, 0.4) is 0 Å². The first-order chi connectivity index (χ1) is 25.6. The molecule has 3 aromatic heterocycles. The molecule has 1 aliphatic carbocycles. The lowest BCUT2D eigenvalue weighted by Gasteiger charge is -2.24. The average molecular weight is 854 g/mol. The number of nitrogens with zero attached hydrogens (tertiary/aromatic N) is 6. The number of halogens is 8. The van der Waals surface area contributed by atoms with Crippen molar-refractivity contribution in [3.8, 4) is 5.69 Å². The third kappa shape index (κ3) is 6.61. The zero-order valence-electron chi connectivity index (χ0n) is 28.4. The predicted octanol–water partition coefficient (Wildman–Crippen LogP) is 8.17. The van der Waals surface area contributed by atoms with Gasteiger partial charge in [-0.2, -0.15) is 19.0 Å². The minimum Gasteiger partial charge on any atom is -0.344 e. The molecule has 2 atom stereocenters. The first-order valence-electron chi connectivity index (χ1n) is 16.3. The molecule has 0 fully saturated rings. The van der Waals surface area contributed by atoms with E-state index in [2.05, 4.69) is 36.2 Å². The van der Waals surface area contributed by atoms with Crippen LogP contribution in [0.2, 0.25) is 5.02 Å². The van der Waals surface area contributed by atoms with Crippen molar-refractivity contribution in [3.05, 3.63) is 108 Å². The van der Waals surface area contributed by atoms with Gasteiger partial charge in [-0.3, -0.25) is 23.5 Å². The van der Waals surface area contributed by atoms with E-state index in [1.54, 1.807) is 43.6 Å². The van der Waals surface area contributed by atoms with Crippen LogP contribution in [0.15, 0.2) is 57.8 Å². The standard InChI is InChI=1S/C35H28BrClF6N8O2S/c1-15-8-21-28(31(40)41)46-50(30(21)35(15,42)43)14-26(52)44-24(11-16-9-18(38)13-19(39)10-16)33-45-23-12-17(36)4-5-20(23)34(53)51(33)25-7-6-22(37)27-29(25)49(2)47-32(27)48-54-3/h4-7,9-10,12-13,15,24,31H,8,11,14H2,1-3H3,(H,44,52)(H,47,48). The maximum Gasteiger partial charge on any atom is 0.292 e. The molecule has 2 N–H and O–H groups in total. The van der Waals surface area contributed by atoms with Gasteiger partial charge in [-0.05, 0) is 54.4 Å². The Morgan fingerprint density at radius 2 is 1.83 bits per heavy atom. The van der Waals surface area contributed by atoms with Crippen LogP contribution in [-0.2, 0) is 37.2 Å². The molecule has 0 saturated carbocycles. The fourth-order valence-corrected chi connectivity index (χ4v) is 7.87. The maximum absolute atomic E-state index is 15.3. The molecule has 1 aliphatic rings. The number of alkyl halides is 4. The largest absolute Gasteiger partial charge is 0.344 e. The van der Waals surface area contributed by atoms with E-state index < -0.39 is 65.3 Å². The summed E-state index contributed by atoms with van der Waals surface area (Å²) in [5.41, 5.74) is -1.72. The van der Waals surface area contributed by atoms with Gasteiger partial charge in [0.25, 0.3) is 17.9 Å². The molecule has 6 aromatic rings. The number of benzene rings is 3. The number of hydrogen-bond acceptors (Lipinski definition) is 7. The highest BCUT2D eigenvalue weighted by Crippen LogP contribution is 2.48. The van der Waals surface area contributed by atoms with Gasteiger partial charge in [0, 0.05) is 41.7 Å². The average Bonchev–Trinajstić information content (AvgIpc) is 3.69. The molecular weight excluding hydrogens is 826 g/mol. The molecule has 0 radical (unpaired) electrons. The van der Waals surface area contributed by atoms with Gasteiger partial charge < -0.3 is 10.0 Å². The molecule has 7 rings (SSSR count). The van der Waals surface area contributed by atoms with Gasteiger partial charge in [-0.1, -0.05) is 46.4 Å². The highest BCUT2D eigenvalue weighted by molar-refractivity contribution is 9.10. The summed E-state index contributed by atoms with van der Waals surface area (Å²) >= 11 is 11.3. The molecule has 19 heteroatoms. The third-order valence-electron chi connectivity index (χ3n) is 9.25. The summed E-state index contributed by atoms with van der Waals surface area (Å²) in [5, 5.41) is 11.8. The van der Waals surface area contributed by atoms with Crippen LogP contribution >= 0.6 is 39.5 Å². The first-order valence-corrected chi connectivity index (χ1v) is 18.7. The first kappa shape index (κ1) is 37.8. The number of carbonyl (C=O) groups is 1. The summed E-state index contributed by atoms with van der Waals surface area (Å²) in [4.78, 5) is 33.3. The molecule has 0 spiro atoms. The summed E-state index contributed by atoms with van der Waals surface area (Å²) in [6.45, 7) is 0.290. The van der Waals surface area contributed by atoms with Crippen LogP contribution in [-0.4, -0.2) is 41.3 Å². The van der Waals surface area contributed by atoms with Crippen molar-refractivity contribution in [2.24, 2.45) is 13.0 Å². The zero-order chi connectivity index (χ0) is 38.8. The number of amides is 1. The number of hydrogen-bond donors (Lipinski definition) is 2. The second kappa shape index (κ2) is 14.3. The summed E-state index contributed by atoms with van der Waals surface area (Å²) in [6.07, 6.45) is -2.12. The number of carbonyl (C=O) groups excluding carboxylic acids is 1. The molecule has 0 aliphatic heterocycles. The lowest BCUT2D eigenvalue weighted by Crippen LogP contribution is -2.38. The smallest absolute Gasteiger partial charge is 0.292 e. The lowest BCUT2D eigenvalue weighted by molar-refractivity contribution is -0.123. The Hall–Kier alpha value is -4.55. The highest BCUT2D eigenvalue weighted by atomic mass is 79.9. The van der Waals surface area contributed by atoms with Gasteiger partial charge in [0.15, 0.2) is 5.82 Å². The number of nitrogens with one attached hydrogen (secondary N) is 2. The molecule has 2 unspecified atom stereocenters. The number of anilines is 1. The SMILES string of the molecule is CSNc1nn(C)c2c(-n3c(C(Cc4cc(F)cc(F)c4)NC(=O)Cn4nc(C(F)F)c5c4C(F)(F)C(C)C5)nc4cc(Br)ccc4c3=O)ccc(Cl)c12. The predicted molar refractivity (Wildman–Crippen MR) is 196 cm³/mol. The van der Waals surface area contributed by atoms with Crippen molar-refractivity contribution in [1.29, 1.82) is 0 Å². The van der Waals surface area contributed by atoms with Crippen LogP contribution in [0.5, 0.6) is 0 Å². The van der Waals surface area contributed by atoms with E-state index in [1.165, 1.54) is 28.1 Å². The van der Waals surface area contributed by atoms with E-state index >= 15 is 8.78 Å². The van der Waals surface area contributed by atoms with Crippen molar-refractivity contribution < 1.29 is 31.1 Å².